The summed E-state index contributed by atoms with van der Waals surface area (Å²) in [4.78, 5) is 46.9. The van der Waals surface area contributed by atoms with Crippen LogP contribution in [0.4, 0.5) is 0 Å². The van der Waals surface area contributed by atoms with Crippen LogP contribution in [0, 0.1) is 5.41 Å². The highest BCUT2D eigenvalue weighted by atomic mass is 16.2. The predicted molar refractivity (Wildman–Crippen MR) is 122 cm³/mol. The van der Waals surface area contributed by atoms with E-state index < -0.39 is 5.91 Å². The molecule has 33 heavy (non-hydrogen) atoms. The van der Waals surface area contributed by atoms with E-state index in [1.54, 1.807) is 6.07 Å². The number of pyridine rings is 1. The van der Waals surface area contributed by atoms with Crippen LogP contribution in [0.25, 0.3) is 11.0 Å². The number of primary amides is 1. The lowest BCUT2D eigenvalue weighted by atomic mass is 9.67. The van der Waals surface area contributed by atoms with E-state index in [9.17, 15) is 14.4 Å². The van der Waals surface area contributed by atoms with Crippen molar-refractivity contribution in [1.82, 2.24) is 24.6 Å². The van der Waals surface area contributed by atoms with E-state index in [4.69, 9.17) is 5.73 Å². The highest BCUT2D eigenvalue weighted by Gasteiger charge is 2.44. The third-order valence-corrected chi connectivity index (χ3v) is 7.00. The van der Waals surface area contributed by atoms with E-state index in [0.29, 0.717) is 41.7 Å². The molecule has 1 fully saturated rings. The molecular weight excluding hydrogens is 420 g/mol. The number of H-pyrrole nitrogens is 1. The van der Waals surface area contributed by atoms with Gasteiger partial charge in [-0.25, -0.2) is 4.98 Å². The molecule has 0 aromatic carbocycles. The third kappa shape index (κ3) is 3.51. The fourth-order valence-corrected chi connectivity index (χ4v) is 5.25. The van der Waals surface area contributed by atoms with Gasteiger partial charge >= 0.3 is 0 Å². The van der Waals surface area contributed by atoms with Gasteiger partial charge in [0, 0.05) is 42.9 Å². The van der Waals surface area contributed by atoms with Gasteiger partial charge in [0.1, 0.15) is 11.3 Å². The molecule has 0 bridgehead atoms. The van der Waals surface area contributed by atoms with Gasteiger partial charge in [0.15, 0.2) is 5.78 Å². The number of nitrogens with one attached hydrogen (secondary N) is 1. The Morgan fingerprint density at radius 2 is 1.88 bits per heavy atom. The summed E-state index contributed by atoms with van der Waals surface area (Å²) in [6, 6.07) is 1.67. The van der Waals surface area contributed by atoms with Gasteiger partial charge in [-0.05, 0) is 51.5 Å². The average Bonchev–Trinajstić information content (AvgIpc) is 3.37. The highest BCUT2D eigenvalue weighted by Crippen LogP contribution is 2.44. The lowest BCUT2D eigenvalue weighted by Gasteiger charge is -2.43. The molecule has 2 amide bonds. The molecule has 1 spiro atoms. The summed E-state index contributed by atoms with van der Waals surface area (Å²) in [6.07, 6.45) is 7.69. The fraction of sp³-hybridized carbons (Fsp3) is 0.458. The zero-order valence-corrected chi connectivity index (χ0v) is 19.1. The zero-order valence-electron chi connectivity index (χ0n) is 19.1. The van der Waals surface area contributed by atoms with Crippen LogP contribution in [-0.4, -0.2) is 55.3 Å². The van der Waals surface area contributed by atoms with Crippen LogP contribution in [-0.2, 0) is 12.0 Å². The second-order valence-electron chi connectivity index (χ2n) is 10.4. The summed E-state index contributed by atoms with van der Waals surface area (Å²) in [5.41, 5.74) is 8.07. The van der Waals surface area contributed by atoms with Crippen molar-refractivity contribution in [1.29, 1.82) is 0 Å². The molecule has 1 aliphatic carbocycles. The maximum atomic E-state index is 13.2. The Labute approximate surface area is 191 Å². The summed E-state index contributed by atoms with van der Waals surface area (Å²) >= 11 is 0. The van der Waals surface area contributed by atoms with Crippen molar-refractivity contribution in [3.8, 4) is 0 Å². The number of hydrogen-bond acceptors (Lipinski definition) is 5. The number of hydrogen-bond donors (Lipinski definition) is 2. The number of carbonyl (C=O) groups is 3. The number of Topliss-reactive ketones (excluding diaryl/α,β-unsaturated/α-hetero) is 1. The molecule has 9 nitrogen and oxygen atoms in total. The average molecular weight is 449 g/mol. The van der Waals surface area contributed by atoms with E-state index in [0.717, 1.165) is 30.5 Å². The number of nitrogens with two attached hydrogens (primary N) is 1. The minimum atomic E-state index is -0.566. The Kier molecular flexibility index (Phi) is 4.70. The Balaban J connectivity index is 1.33. The molecule has 3 aromatic heterocycles. The summed E-state index contributed by atoms with van der Waals surface area (Å²) < 4.78 is 1.85. The molecule has 1 aliphatic heterocycles. The molecule has 0 atom stereocenters. The summed E-state index contributed by atoms with van der Waals surface area (Å²) in [7, 11) is 0. The molecule has 0 unspecified atom stereocenters. The van der Waals surface area contributed by atoms with Crippen LogP contribution >= 0.6 is 0 Å². The second-order valence-corrected chi connectivity index (χ2v) is 10.4. The first-order valence-corrected chi connectivity index (χ1v) is 11.2. The number of likely N-dealkylation sites (tertiary alicyclic amines) is 1. The minimum absolute atomic E-state index is 0.126. The van der Waals surface area contributed by atoms with Crippen molar-refractivity contribution in [2.24, 2.45) is 11.1 Å². The smallest absolute Gasteiger partial charge is 0.255 e. The van der Waals surface area contributed by atoms with Crippen molar-refractivity contribution < 1.29 is 14.4 Å². The summed E-state index contributed by atoms with van der Waals surface area (Å²) in [5, 5.41) is 5.05. The maximum Gasteiger partial charge on any atom is 0.255 e. The second kappa shape index (κ2) is 7.26. The Morgan fingerprint density at radius 1 is 1.15 bits per heavy atom. The Morgan fingerprint density at radius 3 is 2.55 bits per heavy atom. The number of fused-ring (bicyclic) bond motifs is 2. The van der Waals surface area contributed by atoms with Crippen molar-refractivity contribution in [3.63, 3.8) is 0 Å². The van der Waals surface area contributed by atoms with Gasteiger partial charge in [-0.3, -0.25) is 19.1 Å². The Hall–Kier alpha value is -3.49. The quantitative estimate of drug-likeness (QED) is 0.623. The maximum absolute atomic E-state index is 13.2. The van der Waals surface area contributed by atoms with Crippen LogP contribution in [0.2, 0.25) is 0 Å². The predicted octanol–water partition coefficient (Wildman–Crippen LogP) is 2.66. The first-order chi connectivity index (χ1) is 15.6. The molecule has 0 radical (unpaired) electrons. The molecule has 3 N–H and O–H groups in total. The van der Waals surface area contributed by atoms with Gasteiger partial charge < -0.3 is 15.6 Å². The van der Waals surface area contributed by atoms with E-state index in [1.807, 2.05) is 36.5 Å². The zero-order chi connectivity index (χ0) is 23.5. The molecule has 172 valence electrons. The summed E-state index contributed by atoms with van der Waals surface area (Å²) in [5.74, 6) is -0.549. The lowest BCUT2D eigenvalue weighted by molar-refractivity contribution is 0.0515. The number of nitrogens with zero attached hydrogens (tertiary/aromatic N) is 4. The first kappa shape index (κ1) is 21.4. The number of piperidine rings is 1. The van der Waals surface area contributed by atoms with Crippen molar-refractivity contribution >= 4 is 28.6 Å². The number of aromatic amines is 1. The monoisotopic (exact) mass is 448 g/mol. The van der Waals surface area contributed by atoms with Crippen molar-refractivity contribution in [2.45, 2.75) is 52.0 Å². The first-order valence-electron chi connectivity index (χ1n) is 11.2. The largest absolute Gasteiger partial charge is 0.366 e. The topological polar surface area (TPSA) is 127 Å². The van der Waals surface area contributed by atoms with Gasteiger partial charge in [-0.15, -0.1) is 0 Å². The molecule has 9 heteroatoms. The third-order valence-electron chi connectivity index (χ3n) is 7.00. The fourth-order valence-electron chi connectivity index (χ4n) is 5.25. The van der Waals surface area contributed by atoms with Gasteiger partial charge in [0.05, 0.1) is 22.9 Å². The lowest BCUT2D eigenvalue weighted by Crippen LogP contribution is -2.46. The number of rotatable bonds is 2. The van der Waals surface area contributed by atoms with Gasteiger partial charge in [0.2, 0.25) is 0 Å². The van der Waals surface area contributed by atoms with Gasteiger partial charge in [-0.2, -0.15) is 5.10 Å². The number of amides is 2. The molecule has 0 saturated carbocycles. The van der Waals surface area contributed by atoms with E-state index in [2.05, 4.69) is 15.1 Å². The van der Waals surface area contributed by atoms with Crippen LogP contribution in [0.5, 0.6) is 0 Å². The highest BCUT2D eigenvalue weighted by molar-refractivity contribution is 6.07. The van der Waals surface area contributed by atoms with E-state index >= 15 is 0 Å². The molecule has 4 heterocycles. The van der Waals surface area contributed by atoms with Gasteiger partial charge in [0.25, 0.3) is 11.8 Å². The van der Waals surface area contributed by atoms with Crippen LogP contribution in [0.15, 0.2) is 24.7 Å². The normalized spacial score (nSPS) is 18.0. The van der Waals surface area contributed by atoms with Gasteiger partial charge in [-0.1, -0.05) is 0 Å². The van der Waals surface area contributed by atoms with Crippen molar-refractivity contribution in [2.75, 3.05) is 13.1 Å². The standard InChI is InChI=1S/C24H28N6O3/c1-23(2,3)30-19-15(12-28-30)9-24(10-18(19)31)4-6-29(7-5-24)22(33)14-8-16-17(20(25)32)13-27-21(16)26-11-14/h8,11-13H,4-7,9-10H2,1-3H3,(H2,25,32)(H,26,27). The van der Waals surface area contributed by atoms with Crippen molar-refractivity contribution in [3.05, 3.63) is 47.0 Å². The minimum Gasteiger partial charge on any atom is -0.366 e. The molecule has 5 rings (SSSR count). The van der Waals surface area contributed by atoms with E-state index in [-0.39, 0.29) is 22.6 Å². The Bertz CT molecular complexity index is 1290. The van der Waals surface area contributed by atoms with Crippen LogP contribution < -0.4 is 5.73 Å². The number of aromatic nitrogens is 4. The molecule has 3 aromatic rings. The summed E-state index contributed by atoms with van der Waals surface area (Å²) in [6.45, 7) is 7.29. The number of carbonyl (C=O) groups excluding carboxylic acids is 3. The van der Waals surface area contributed by atoms with E-state index in [1.165, 1.54) is 12.4 Å². The van der Waals surface area contributed by atoms with Crippen LogP contribution in [0.1, 0.15) is 76.8 Å². The SMILES string of the molecule is CC(C)(C)n1ncc2c1C(=O)CC1(CCN(C(=O)c3cnc4[nH]cc(C(N)=O)c4c3)CC1)C2. The molecule has 2 aliphatic rings. The number of ketones is 1. The molecular formula is C24H28N6O3. The van der Waals surface area contributed by atoms with Crippen LogP contribution in [0.3, 0.4) is 0 Å². The molecule has 1 saturated heterocycles.